The van der Waals surface area contributed by atoms with Crippen LogP contribution < -0.4 is 11.1 Å². The van der Waals surface area contributed by atoms with Gasteiger partial charge in [-0.15, -0.1) is 0 Å². The monoisotopic (exact) mass is 466 g/mol. The van der Waals surface area contributed by atoms with Crippen LogP contribution in [0.5, 0.6) is 0 Å². The van der Waals surface area contributed by atoms with Crippen molar-refractivity contribution in [3.63, 3.8) is 0 Å². The van der Waals surface area contributed by atoms with Gasteiger partial charge in [0.1, 0.15) is 0 Å². The zero-order chi connectivity index (χ0) is 24.0. The molecule has 4 aliphatic rings. The molecule has 4 fully saturated rings. The van der Waals surface area contributed by atoms with Crippen LogP contribution in [-0.2, 0) is 20.8 Å². The maximum Gasteiger partial charge on any atom is 0.175 e. The quantitative estimate of drug-likeness (QED) is 0.642. The van der Waals surface area contributed by atoms with Crippen LogP contribution in [0.3, 0.4) is 0 Å². The molecular weight excluding hydrogens is 424 g/mol. The molecule has 3 N–H and O–H groups in total. The first-order valence-corrected chi connectivity index (χ1v) is 13.0. The minimum atomic E-state index is -0.574. The second-order valence-corrected chi connectivity index (χ2v) is 11.5. The van der Waals surface area contributed by atoms with Gasteiger partial charge in [-0.05, 0) is 69.5 Å². The second-order valence-electron chi connectivity index (χ2n) is 11.5. The normalized spacial score (nSPS) is 42.0. The number of ether oxygens (including phenoxy) is 3. The Morgan fingerprint density at radius 2 is 1.91 bits per heavy atom. The van der Waals surface area contributed by atoms with E-state index < -0.39 is 11.3 Å². The molecule has 1 aliphatic heterocycles. The molecule has 5 rings (SSSR count). The fourth-order valence-corrected chi connectivity index (χ4v) is 8.11. The van der Waals surface area contributed by atoms with Crippen molar-refractivity contribution in [3.8, 4) is 0 Å². The van der Waals surface area contributed by atoms with Gasteiger partial charge >= 0.3 is 0 Å². The summed E-state index contributed by atoms with van der Waals surface area (Å²) < 4.78 is 19.6. The summed E-state index contributed by atoms with van der Waals surface area (Å²) in [6.45, 7) is 11.5. The molecular formula is C29H42N2O3. The van der Waals surface area contributed by atoms with Crippen molar-refractivity contribution in [2.24, 2.45) is 28.9 Å². The minimum Gasteiger partial charge on any atom is -0.370 e. The minimum absolute atomic E-state index is 0.240. The van der Waals surface area contributed by atoms with Gasteiger partial charge in [0.2, 0.25) is 0 Å². The highest BCUT2D eigenvalue weighted by atomic mass is 16.7. The third kappa shape index (κ3) is 3.55. The smallest absolute Gasteiger partial charge is 0.175 e. The van der Waals surface area contributed by atoms with Gasteiger partial charge in [-0.2, -0.15) is 0 Å². The first-order chi connectivity index (χ1) is 16.3. The van der Waals surface area contributed by atoms with Crippen LogP contribution in [0.4, 0.5) is 0 Å². The van der Waals surface area contributed by atoms with Gasteiger partial charge in [-0.3, -0.25) is 0 Å². The van der Waals surface area contributed by atoms with E-state index in [-0.39, 0.29) is 22.9 Å². The van der Waals surface area contributed by atoms with E-state index in [2.05, 4.69) is 56.1 Å². The molecule has 1 heterocycles. The van der Waals surface area contributed by atoms with E-state index in [9.17, 15) is 0 Å². The third-order valence-electron chi connectivity index (χ3n) is 9.71. The Morgan fingerprint density at radius 1 is 1.18 bits per heavy atom. The Labute approximate surface area is 205 Å². The number of hydrogen-bond acceptors (Lipinski definition) is 5. The van der Waals surface area contributed by atoms with E-state index in [1.807, 2.05) is 19.2 Å². The lowest BCUT2D eigenvalue weighted by atomic mass is 9.48. The summed E-state index contributed by atoms with van der Waals surface area (Å²) in [5, 5.41) is 3.44. The Morgan fingerprint density at radius 3 is 2.59 bits per heavy atom. The molecule has 186 valence electrons. The number of benzene rings is 1. The predicted octanol–water partition coefficient (Wildman–Crippen LogP) is 4.58. The number of fused-ring (bicyclic) bond motifs is 4. The molecule has 3 aliphatic carbocycles. The van der Waals surface area contributed by atoms with Crippen LogP contribution >= 0.6 is 0 Å². The molecule has 34 heavy (non-hydrogen) atoms. The van der Waals surface area contributed by atoms with Crippen molar-refractivity contribution in [2.75, 3.05) is 26.8 Å². The Kier molecular flexibility index (Phi) is 6.31. The lowest BCUT2D eigenvalue weighted by molar-refractivity contribution is -0.245. The molecule has 0 radical (unpaired) electrons. The highest BCUT2D eigenvalue weighted by Crippen LogP contribution is 2.69. The molecule has 0 amide bonds. The summed E-state index contributed by atoms with van der Waals surface area (Å²) in [6, 6.07) is 10.5. The molecule has 1 aromatic rings. The number of rotatable bonds is 6. The average molecular weight is 467 g/mol. The molecule has 5 heteroatoms. The molecule has 1 saturated heterocycles. The topological polar surface area (TPSA) is 65.7 Å². The lowest BCUT2D eigenvalue weighted by Gasteiger charge is -2.61. The van der Waals surface area contributed by atoms with Gasteiger partial charge in [0.25, 0.3) is 0 Å². The lowest BCUT2D eigenvalue weighted by Crippen LogP contribution is -2.70. The van der Waals surface area contributed by atoms with Gasteiger partial charge in [0, 0.05) is 17.4 Å². The molecule has 6 atom stereocenters. The van der Waals surface area contributed by atoms with E-state index in [4.69, 9.17) is 19.9 Å². The van der Waals surface area contributed by atoms with Gasteiger partial charge in [0.05, 0.1) is 25.4 Å². The van der Waals surface area contributed by atoms with E-state index in [1.54, 1.807) is 0 Å². The van der Waals surface area contributed by atoms with E-state index in [0.717, 1.165) is 38.6 Å². The Hall–Kier alpha value is -1.50. The maximum atomic E-state index is 7.72. The van der Waals surface area contributed by atoms with Crippen LogP contribution in [0.1, 0.15) is 51.5 Å². The maximum absolute atomic E-state index is 7.72. The van der Waals surface area contributed by atoms with E-state index in [0.29, 0.717) is 25.7 Å². The first kappa shape index (κ1) is 24.2. The predicted molar refractivity (Wildman–Crippen MR) is 135 cm³/mol. The number of nitrogens with two attached hydrogens (primary N) is 1. The molecule has 1 aromatic carbocycles. The summed E-state index contributed by atoms with van der Waals surface area (Å²) in [5.41, 5.74) is 9.42. The van der Waals surface area contributed by atoms with Crippen LogP contribution in [0.25, 0.3) is 0 Å². The van der Waals surface area contributed by atoms with Crippen molar-refractivity contribution >= 4 is 0 Å². The number of allylic oxidation sites excluding steroid dienone is 2. The summed E-state index contributed by atoms with van der Waals surface area (Å²) in [5.74, 6) is 0.433. The van der Waals surface area contributed by atoms with Crippen molar-refractivity contribution in [2.45, 2.75) is 69.5 Å². The highest BCUT2D eigenvalue weighted by Gasteiger charge is 2.75. The van der Waals surface area contributed by atoms with Gasteiger partial charge in [-0.25, -0.2) is 0 Å². The van der Waals surface area contributed by atoms with Crippen LogP contribution in [-0.4, -0.2) is 43.7 Å². The van der Waals surface area contributed by atoms with E-state index >= 15 is 0 Å². The van der Waals surface area contributed by atoms with Crippen LogP contribution in [0.15, 0.2) is 54.6 Å². The van der Waals surface area contributed by atoms with Gasteiger partial charge in [0.15, 0.2) is 5.79 Å². The fraction of sp³-hybridized carbons (Fsp3) is 0.655. The zero-order valence-electron chi connectivity index (χ0n) is 21.1. The van der Waals surface area contributed by atoms with Crippen LogP contribution in [0, 0.1) is 23.2 Å². The summed E-state index contributed by atoms with van der Waals surface area (Å²) in [7, 11) is 2.03. The molecule has 3 saturated carbocycles. The fourth-order valence-electron chi connectivity index (χ4n) is 8.11. The summed E-state index contributed by atoms with van der Waals surface area (Å²) >= 11 is 0. The molecule has 1 spiro atoms. The van der Waals surface area contributed by atoms with Gasteiger partial charge < -0.3 is 25.3 Å². The number of nitrogens with one attached hydrogen (secondary N) is 1. The molecule has 0 aromatic heterocycles. The average Bonchev–Trinajstić information content (AvgIpc) is 3.38. The molecule has 5 nitrogen and oxygen atoms in total. The largest absolute Gasteiger partial charge is 0.370 e. The highest BCUT2D eigenvalue weighted by molar-refractivity contribution is 5.31. The molecule has 1 unspecified atom stereocenters. The Bertz CT molecular complexity index is 927. The summed E-state index contributed by atoms with van der Waals surface area (Å²) in [4.78, 5) is 0. The molecule has 0 bridgehead atoms. The van der Waals surface area contributed by atoms with Crippen molar-refractivity contribution < 1.29 is 14.2 Å². The Balaban J connectivity index is 1.52. The van der Waals surface area contributed by atoms with E-state index in [1.165, 1.54) is 11.1 Å². The van der Waals surface area contributed by atoms with Crippen molar-refractivity contribution in [1.82, 2.24) is 5.32 Å². The SMILES string of the molecule is C=C/C=C1\CC(C)(OCc2ccccc2)C[C@@H]2[C@@H]1CC[C@]1(C)C3(C[C@H](CNC)[C@@]21N)OCCO3. The summed E-state index contributed by atoms with van der Waals surface area (Å²) in [6.07, 6.45) is 9.02. The van der Waals surface area contributed by atoms with Crippen LogP contribution in [0.2, 0.25) is 0 Å². The van der Waals surface area contributed by atoms with Crippen molar-refractivity contribution in [1.29, 1.82) is 0 Å². The first-order valence-electron chi connectivity index (χ1n) is 13.0. The van der Waals surface area contributed by atoms with Crippen molar-refractivity contribution in [3.05, 3.63) is 60.2 Å². The standard InChI is InChI=1S/C29H42N2O3/c1-5-9-22-16-26(2,34-20-21-10-7-6-8-11-21)18-25-24(22)12-13-27(3)28(32-14-15-33-28)17-23(19-31-4)29(25,27)30/h5-11,23-25,31H,1,12-20,30H2,2-4H3/b22-9+/t23-,24-,25-,26?,27-,29-/m1/s1. The second kappa shape index (κ2) is 8.86. The van der Waals surface area contributed by atoms with Gasteiger partial charge in [-0.1, -0.05) is 61.6 Å². The zero-order valence-corrected chi connectivity index (χ0v) is 21.1. The number of hydrogen-bond donors (Lipinski definition) is 2. The third-order valence-corrected chi connectivity index (χ3v) is 9.71.